The molecule has 144 valence electrons. The molecule has 28 heavy (non-hydrogen) atoms. The maximum atomic E-state index is 11.0. The van der Waals surface area contributed by atoms with Gasteiger partial charge in [-0.05, 0) is 43.1 Å². The number of hydrogen-bond donors (Lipinski definition) is 1. The van der Waals surface area contributed by atoms with E-state index in [0.29, 0.717) is 24.1 Å². The van der Waals surface area contributed by atoms with E-state index in [1.165, 1.54) is 0 Å². The van der Waals surface area contributed by atoms with Crippen LogP contribution in [0.2, 0.25) is 0 Å². The van der Waals surface area contributed by atoms with Gasteiger partial charge in [-0.3, -0.25) is 4.90 Å². The molecule has 3 aromatic rings. The summed E-state index contributed by atoms with van der Waals surface area (Å²) >= 11 is 0. The second-order valence-corrected chi connectivity index (χ2v) is 6.68. The Morgan fingerprint density at radius 2 is 2.11 bits per heavy atom. The first kappa shape index (κ1) is 18.1. The summed E-state index contributed by atoms with van der Waals surface area (Å²) in [6.45, 7) is 1.62. The first-order chi connectivity index (χ1) is 13.6. The minimum absolute atomic E-state index is 0.0478. The molecule has 1 fully saturated rings. The molecule has 0 spiro atoms. The zero-order chi connectivity index (χ0) is 19.5. The molecule has 1 aliphatic heterocycles. The highest BCUT2D eigenvalue weighted by Crippen LogP contribution is 2.33. The molecule has 8 nitrogen and oxygen atoms in total. The fourth-order valence-electron chi connectivity index (χ4n) is 3.40. The van der Waals surface area contributed by atoms with Crippen molar-refractivity contribution in [1.29, 1.82) is 0 Å². The second-order valence-electron chi connectivity index (χ2n) is 6.68. The Hall–Kier alpha value is -3.26. The van der Waals surface area contributed by atoms with Gasteiger partial charge < -0.3 is 14.4 Å². The monoisotopic (exact) mass is 380 g/mol. The molecule has 1 N–H and O–H groups in total. The average molecular weight is 380 g/mol. The number of methoxy groups -OCH3 is 1. The average Bonchev–Trinajstić information content (AvgIpc) is 3.38. The molecule has 1 saturated heterocycles. The molecule has 1 atom stereocenters. The predicted octanol–water partition coefficient (Wildman–Crippen LogP) is 3.18. The van der Waals surface area contributed by atoms with E-state index in [2.05, 4.69) is 20.0 Å². The lowest BCUT2D eigenvalue weighted by Gasteiger charge is -2.21. The highest BCUT2D eigenvalue weighted by Gasteiger charge is 2.30. The summed E-state index contributed by atoms with van der Waals surface area (Å²) in [5.41, 5.74) is 2.11. The topological polar surface area (TPSA) is 102 Å². The molecule has 0 radical (unpaired) electrons. The number of hydrogen-bond acceptors (Lipinski definition) is 7. The van der Waals surface area contributed by atoms with E-state index in [9.17, 15) is 4.79 Å². The number of rotatable bonds is 6. The van der Waals surface area contributed by atoms with Crippen LogP contribution in [0.3, 0.4) is 0 Å². The van der Waals surface area contributed by atoms with E-state index in [4.69, 9.17) is 14.4 Å². The van der Waals surface area contributed by atoms with E-state index in [1.54, 1.807) is 31.5 Å². The molecule has 0 aliphatic carbocycles. The molecule has 0 amide bonds. The maximum absolute atomic E-state index is 11.0. The fourth-order valence-corrected chi connectivity index (χ4v) is 3.40. The first-order valence-electron chi connectivity index (χ1n) is 9.04. The number of ether oxygens (including phenoxy) is 1. The van der Waals surface area contributed by atoms with Crippen molar-refractivity contribution in [1.82, 2.24) is 20.0 Å². The normalized spacial score (nSPS) is 17.0. The van der Waals surface area contributed by atoms with Gasteiger partial charge in [-0.1, -0.05) is 17.3 Å². The maximum Gasteiger partial charge on any atom is 0.335 e. The van der Waals surface area contributed by atoms with Gasteiger partial charge in [0.2, 0.25) is 17.6 Å². The molecule has 3 heterocycles. The largest absolute Gasteiger partial charge is 0.481 e. The second kappa shape index (κ2) is 7.77. The van der Waals surface area contributed by atoms with Crippen molar-refractivity contribution in [2.24, 2.45) is 0 Å². The SMILES string of the molecule is COc1ccc(-c2noc([C@@H]3CCCN3Cc3ccc(C(=O)O)cc3)n2)cn1. The van der Waals surface area contributed by atoms with Crippen molar-refractivity contribution < 1.29 is 19.2 Å². The van der Waals surface area contributed by atoms with Gasteiger partial charge in [-0.15, -0.1) is 0 Å². The van der Waals surface area contributed by atoms with Gasteiger partial charge in [-0.25, -0.2) is 9.78 Å². The number of pyridine rings is 1. The van der Waals surface area contributed by atoms with Gasteiger partial charge in [0.25, 0.3) is 0 Å². The minimum atomic E-state index is -0.919. The summed E-state index contributed by atoms with van der Waals surface area (Å²) in [5, 5.41) is 13.1. The van der Waals surface area contributed by atoms with Crippen LogP contribution in [-0.4, -0.2) is 44.8 Å². The summed E-state index contributed by atoms with van der Waals surface area (Å²) in [4.78, 5) is 22.0. The Balaban J connectivity index is 1.48. The Kier molecular flexibility index (Phi) is 5.03. The van der Waals surface area contributed by atoms with Gasteiger partial charge in [0.1, 0.15) is 0 Å². The smallest absolute Gasteiger partial charge is 0.335 e. The van der Waals surface area contributed by atoms with Crippen molar-refractivity contribution >= 4 is 5.97 Å². The summed E-state index contributed by atoms with van der Waals surface area (Å²) in [6, 6.07) is 10.6. The Morgan fingerprint density at radius 3 is 2.79 bits per heavy atom. The molecule has 4 rings (SSSR count). The van der Waals surface area contributed by atoms with Crippen molar-refractivity contribution in [3.63, 3.8) is 0 Å². The Labute approximate surface area is 161 Å². The summed E-state index contributed by atoms with van der Waals surface area (Å²) in [5.74, 6) is 0.702. The zero-order valence-corrected chi connectivity index (χ0v) is 15.4. The van der Waals surface area contributed by atoms with Gasteiger partial charge in [0.15, 0.2) is 0 Å². The standard InChI is InChI=1S/C20H20N4O4/c1-27-17-9-8-15(11-21-17)18-22-19(28-23-18)16-3-2-10-24(16)12-13-4-6-14(7-5-13)20(25)26/h4-9,11,16H,2-3,10,12H2,1H3,(H,25,26)/t16-/m0/s1. The van der Waals surface area contributed by atoms with Crippen LogP contribution in [0, 0.1) is 0 Å². The van der Waals surface area contributed by atoms with Crippen LogP contribution < -0.4 is 4.74 Å². The lowest BCUT2D eigenvalue weighted by molar-refractivity contribution is 0.0697. The molecule has 0 unspecified atom stereocenters. The number of nitrogens with zero attached hydrogens (tertiary/aromatic N) is 4. The minimum Gasteiger partial charge on any atom is -0.481 e. The molecule has 1 aliphatic rings. The number of benzene rings is 1. The van der Waals surface area contributed by atoms with Crippen LogP contribution in [0.25, 0.3) is 11.4 Å². The molecule has 0 saturated carbocycles. The Bertz CT molecular complexity index is 953. The molecule has 1 aromatic carbocycles. The lowest BCUT2D eigenvalue weighted by atomic mass is 10.1. The third-order valence-corrected chi connectivity index (χ3v) is 4.88. The van der Waals surface area contributed by atoms with E-state index in [1.807, 2.05) is 18.2 Å². The van der Waals surface area contributed by atoms with Crippen LogP contribution in [0.4, 0.5) is 0 Å². The highest BCUT2D eigenvalue weighted by molar-refractivity contribution is 5.87. The predicted molar refractivity (Wildman–Crippen MR) is 99.9 cm³/mol. The molecule has 8 heteroatoms. The van der Waals surface area contributed by atoms with Crippen LogP contribution in [0.1, 0.15) is 40.7 Å². The van der Waals surface area contributed by atoms with Crippen LogP contribution in [0.5, 0.6) is 5.88 Å². The summed E-state index contributed by atoms with van der Waals surface area (Å²) < 4.78 is 10.6. The van der Waals surface area contributed by atoms with Crippen molar-refractivity contribution in [3.05, 3.63) is 59.6 Å². The number of carboxylic acids is 1. The van der Waals surface area contributed by atoms with Gasteiger partial charge in [-0.2, -0.15) is 4.98 Å². The van der Waals surface area contributed by atoms with Crippen molar-refractivity contribution in [2.45, 2.75) is 25.4 Å². The molecular weight excluding hydrogens is 360 g/mol. The van der Waals surface area contributed by atoms with Crippen LogP contribution >= 0.6 is 0 Å². The van der Waals surface area contributed by atoms with E-state index < -0.39 is 5.97 Å². The van der Waals surface area contributed by atoms with Crippen LogP contribution in [-0.2, 0) is 6.54 Å². The van der Waals surface area contributed by atoms with Crippen LogP contribution in [0.15, 0.2) is 47.1 Å². The third kappa shape index (κ3) is 3.72. The molecule has 0 bridgehead atoms. The molecule has 2 aromatic heterocycles. The lowest BCUT2D eigenvalue weighted by Crippen LogP contribution is -2.23. The van der Waals surface area contributed by atoms with Gasteiger partial charge in [0.05, 0.1) is 18.7 Å². The van der Waals surface area contributed by atoms with E-state index in [-0.39, 0.29) is 11.6 Å². The van der Waals surface area contributed by atoms with Gasteiger partial charge >= 0.3 is 5.97 Å². The van der Waals surface area contributed by atoms with E-state index in [0.717, 1.165) is 30.5 Å². The number of likely N-dealkylation sites (tertiary alicyclic amines) is 1. The number of aromatic carboxylic acids is 1. The number of aromatic nitrogens is 3. The van der Waals surface area contributed by atoms with Gasteiger partial charge in [0, 0.05) is 24.4 Å². The van der Waals surface area contributed by atoms with Crippen molar-refractivity contribution in [2.75, 3.05) is 13.7 Å². The highest BCUT2D eigenvalue weighted by atomic mass is 16.5. The number of carbonyl (C=O) groups is 1. The van der Waals surface area contributed by atoms with Crippen molar-refractivity contribution in [3.8, 4) is 17.3 Å². The first-order valence-corrected chi connectivity index (χ1v) is 9.04. The summed E-state index contributed by atoms with van der Waals surface area (Å²) in [7, 11) is 1.57. The van der Waals surface area contributed by atoms with E-state index >= 15 is 0 Å². The quantitative estimate of drug-likeness (QED) is 0.696. The number of carboxylic acid groups (broad SMARTS) is 1. The fraction of sp³-hybridized carbons (Fsp3) is 0.300. The third-order valence-electron chi connectivity index (χ3n) is 4.88. The zero-order valence-electron chi connectivity index (χ0n) is 15.4. The molecular formula is C20H20N4O4. The Morgan fingerprint density at radius 1 is 1.29 bits per heavy atom. The summed E-state index contributed by atoms with van der Waals surface area (Å²) in [6.07, 6.45) is 3.64.